The zero-order chi connectivity index (χ0) is 14.3. The fraction of sp³-hybridized carbons (Fsp3) is 0.417. The highest BCUT2D eigenvalue weighted by Crippen LogP contribution is 2.34. The first-order chi connectivity index (χ1) is 9.10. The predicted molar refractivity (Wildman–Crippen MR) is 71.4 cm³/mol. The molecule has 0 aliphatic carbocycles. The quantitative estimate of drug-likeness (QED) is 0.577. The van der Waals surface area contributed by atoms with Crippen molar-refractivity contribution in [2.75, 3.05) is 25.5 Å². The number of benzene rings is 1. The molecule has 1 aromatic carbocycles. The molecule has 0 fully saturated rings. The normalized spacial score (nSPS) is 9.79. The Morgan fingerprint density at radius 3 is 2.79 bits per heavy atom. The summed E-state index contributed by atoms with van der Waals surface area (Å²) in [4.78, 5) is 21.9. The Morgan fingerprint density at radius 2 is 2.21 bits per heavy atom. The Labute approximate surface area is 111 Å². The monoisotopic (exact) mass is 267 g/mol. The standard InChI is InChI=1S/C12H17N3O4/c1-3-7-13-11(16)8-14-9-5-4-6-10(19-2)12(9)15(17)18/h4-6,14H,3,7-8H2,1-2H3,(H,13,16). The number of hydrogen-bond acceptors (Lipinski definition) is 5. The summed E-state index contributed by atoms with van der Waals surface area (Å²) < 4.78 is 4.94. The van der Waals surface area contributed by atoms with Crippen LogP contribution in [0.15, 0.2) is 18.2 Å². The molecule has 1 aromatic rings. The average Bonchev–Trinajstić information content (AvgIpc) is 2.41. The highest BCUT2D eigenvalue weighted by molar-refractivity contribution is 5.82. The van der Waals surface area contributed by atoms with Crippen LogP contribution in [0, 0.1) is 10.1 Å². The van der Waals surface area contributed by atoms with Crippen LogP contribution in [0.25, 0.3) is 0 Å². The molecule has 0 saturated carbocycles. The first kappa shape index (κ1) is 14.7. The van der Waals surface area contributed by atoms with Gasteiger partial charge in [0, 0.05) is 6.54 Å². The number of hydrogen-bond donors (Lipinski definition) is 2. The molecule has 7 nitrogen and oxygen atoms in total. The number of ether oxygens (including phenoxy) is 1. The van der Waals surface area contributed by atoms with E-state index in [0.717, 1.165) is 6.42 Å². The maximum absolute atomic E-state index is 11.4. The molecule has 1 amide bonds. The summed E-state index contributed by atoms with van der Waals surface area (Å²) in [6.07, 6.45) is 0.838. The maximum Gasteiger partial charge on any atom is 0.333 e. The molecule has 2 N–H and O–H groups in total. The molecule has 0 heterocycles. The summed E-state index contributed by atoms with van der Waals surface area (Å²) in [6.45, 7) is 2.51. The van der Waals surface area contributed by atoms with Crippen molar-refractivity contribution in [3.05, 3.63) is 28.3 Å². The summed E-state index contributed by atoms with van der Waals surface area (Å²) in [6, 6.07) is 4.66. The van der Waals surface area contributed by atoms with E-state index in [1.54, 1.807) is 6.07 Å². The zero-order valence-corrected chi connectivity index (χ0v) is 10.9. The van der Waals surface area contributed by atoms with E-state index in [-0.39, 0.29) is 29.6 Å². The van der Waals surface area contributed by atoms with E-state index < -0.39 is 4.92 Å². The number of carbonyl (C=O) groups excluding carboxylic acids is 1. The van der Waals surface area contributed by atoms with Crippen molar-refractivity contribution in [2.45, 2.75) is 13.3 Å². The number of rotatable bonds is 7. The van der Waals surface area contributed by atoms with Crippen LogP contribution in [0.5, 0.6) is 5.75 Å². The van der Waals surface area contributed by atoms with Gasteiger partial charge in [-0.1, -0.05) is 13.0 Å². The Hall–Kier alpha value is -2.31. The lowest BCUT2D eigenvalue weighted by Crippen LogP contribution is -2.30. The molecule has 0 spiro atoms. The molecule has 0 radical (unpaired) electrons. The number of nitro benzene ring substituents is 1. The number of carbonyl (C=O) groups is 1. The van der Waals surface area contributed by atoms with Gasteiger partial charge >= 0.3 is 5.69 Å². The second-order valence-electron chi connectivity index (χ2n) is 3.82. The minimum absolute atomic E-state index is 0.0198. The van der Waals surface area contributed by atoms with E-state index in [1.807, 2.05) is 6.92 Å². The molecule has 0 aliphatic heterocycles. The molecule has 0 bridgehead atoms. The van der Waals surface area contributed by atoms with E-state index in [1.165, 1.54) is 19.2 Å². The average molecular weight is 267 g/mol. The minimum Gasteiger partial charge on any atom is -0.490 e. The lowest BCUT2D eigenvalue weighted by molar-refractivity contribution is -0.384. The molecular weight excluding hydrogens is 250 g/mol. The second-order valence-corrected chi connectivity index (χ2v) is 3.82. The number of nitrogens with zero attached hydrogens (tertiary/aromatic N) is 1. The van der Waals surface area contributed by atoms with E-state index in [2.05, 4.69) is 10.6 Å². The van der Waals surface area contributed by atoms with Crippen molar-refractivity contribution >= 4 is 17.3 Å². The van der Waals surface area contributed by atoms with Gasteiger partial charge in [-0.2, -0.15) is 0 Å². The van der Waals surface area contributed by atoms with Crippen LogP contribution in [-0.4, -0.2) is 31.0 Å². The summed E-state index contributed by atoms with van der Waals surface area (Å²) in [5, 5.41) is 16.4. The van der Waals surface area contributed by atoms with Crippen LogP contribution in [0.4, 0.5) is 11.4 Å². The first-order valence-electron chi connectivity index (χ1n) is 5.92. The zero-order valence-electron chi connectivity index (χ0n) is 10.9. The van der Waals surface area contributed by atoms with Gasteiger partial charge in [0.25, 0.3) is 0 Å². The first-order valence-corrected chi connectivity index (χ1v) is 5.92. The predicted octanol–water partition coefficient (Wildman–Crippen LogP) is 1.54. The highest BCUT2D eigenvalue weighted by atomic mass is 16.6. The number of para-hydroxylation sites is 1. The topological polar surface area (TPSA) is 93.5 Å². The van der Waals surface area contributed by atoms with Gasteiger partial charge in [-0.25, -0.2) is 0 Å². The van der Waals surface area contributed by atoms with Crippen LogP contribution in [0.1, 0.15) is 13.3 Å². The SMILES string of the molecule is CCCNC(=O)CNc1cccc(OC)c1[N+](=O)[O-]. The molecule has 7 heteroatoms. The van der Waals surface area contributed by atoms with Gasteiger partial charge in [-0.15, -0.1) is 0 Å². The number of amides is 1. The van der Waals surface area contributed by atoms with Crippen LogP contribution in [-0.2, 0) is 4.79 Å². The molecule has 104 valence electrons. The van der Waals surface area contributed by atoms with Gasteiger partial charge in [0.15, 0.2) is 5.75 Å². The van der Waals surface area contributed by atoms with Gasteiger partial charge in [-0.05, 0) is 18.6 Å². The Balaban J connectivity index is 2.78. The smallest absolute Gasteiger partial charge is 0.333 e. The van der Waals surface area contributed by atoms with E-state index in [0.29, 0.717) is 6.54 Å². The van der Waals surface area contributed by atoms with Crippen LogP contribution in [0.3, 0.4) is 0 Å². The fourth-order valence-electron chi connectivity index (χ4n) is 1.52. The Bertz CT molecular complexity index is 462. The molecule has 0 aromatic heterocycles. The third-order valence-electron chi connectivity index (χ3n) is 2.41. The third kappa shape index (κ3) is 4.13. The molecule has 1 rings (SSSR count). The summed E-state index contributed by atoms with van der Waals surface area (Å²) >= 11 is 0. The van der Waals surface area contributed by atoms with Crippen molar-refractivity contribution < 1.29 is 14.5 Å². The van der Waals surface area contributed by atoms with Crippen LogP contribution >= 0.6 is 0 Å². The molecule has 0 saturated heterocycles. The van der Waals surface area contributed by atoms with E-state index in [4.69, 9.17) is 4.74 Å². The van der Waals surface area contributed by atoms with Gasteiger partial charge in [-0.3, -0.25) is 14.9 Å². The molecule has 0 atom stereocenters. The number of anilines is 1. The molecule has 0 unspecified atom stereocenters. The number of methoxy groups -OCH3 is 1. The van der Waals surface area contributed by atoms with Crippen molar-refractivity contribution in [1.29, 1.82) is 0 Å². The lowest BCUT2D eigenvalue weighted by Gasteiger charge is -2.09. The largest absolute Gasteiger partial charge is 0.490 e. The van der Waals surface area contributed by atoms with Crippen molar-refractivity contribution in [2.24, 2.45) is 0 Å². The summed E-state index contributed by atoms with van der Waals surface area (Å²) in [5.74, 6) is -0.0528. The highest BCUT2D eigenvalue weighted by Gasteiger charge is 2.20. The van der Waals surface area contributed by atoms with Crippen molar-refractivity contribution in [1.82, 2.24) is 5.32 Å². The van der Waals surface area contributed by atoms with Gasteiger partial charge < -0.3 is 15.4 Å². The van der Waals surface area contributed by atoms with E-state index in [9.17, 15) is 14.9 Å². The van der Waals surface area contributed by atoms with Crippen molar-refractivity contribution in [3.8, 4) is 5.75 Å². The van der Waals surface area contributed by atoms with Gasteiger partial charge in [0.2, 0.25) is 5.91 Å². The Kier molecular flexibility index (Phi) is 5.59. The van der Waals surface area contributed by atoms with Crippen LogP contribution in [0.2, 0.25) is 0 Å². The number of nitro groups is 1. The van der Waals surface area contributed by atoms with Crippen LogP contribution < -0.4 is 15.4 Å². The molecule has 0 aliphatic rings. The second kappa shape index (κ2) is 7.20. The van der Waals surface area contributed by atoms with Crippen molar-refractivity contribution in [3.63, 3.8) is 0 Å². The summed E-state index contributed by atoms with van der Waals surface area (Å²) in [7, 11) is 1.36. The third-order valence-corrected chi connectivity index (χ3v) is 2.41. The molecular formula is C12H17N3O4. The van der Waals surface area contributed by atoms with Gasteiger partial charge in [0.05, 0.1) is 18.6 Å². The summed E-state index contributed by atoms with van der Waals surface area (Å²) in [5.41, 5.74) is 0.0873. The van der Waals surface area contributed by atoms with Gasteiger partial charge in [0.1, 0.15) is 5.69 Å². The molecule has 19 heavy (non-hydrogen) atoms. The van der Waals surface area contributed by atoms with E-state index >= 15 is 0 Å². The fourth-order valence-corrected chi connectivity index (χ4v) is 1.52. The number of nitrogens with one attached hydrogen (secondary N) is 2. The Morgan fingerprint density at radius 1 is 1.47 bits per heavy atom. The maximum atomic E-state index is 11.4. The lowest BCUT2D eigenvalue weighted by atomic mass is 10.2. The minimum atomic E-state index is -0.537.